The van der Waals surface area contributed by atoms with Crippen LogP contribution in [-0.2, 0) is 16.0 Å². The second kappa shape index (κ2) is 9.87. The highest BCUT2D eigenvalue weighted by molar-refractivity contribution is 7.15. The third-order valence-corrected chi connectivity index (χ3v) is 6.50. The molecule has 0 spiro atoms. The van der Waals surface area contributed by atoms with Gasteiger partial charge in [-0.05, 0) is 29.8 Å². The van der Waals surface area contributed by atoms with Crippen molar-refractivity contribution >= 4 is 34.1 Å². The minimum absolute atomic E-state index is 0.191. The van der Waals surface area contributed by atoms with E-state index in [2.05, 4.69) is 38.6 Å². The second-order valence-electron chi connectivity index (χ2n) is 7.86. The fraction of sp³-hybridized carbons (Fsp3) is 0.200. The number of hydrazone groups is 1. The number of hydrogen-bond donors (Lipinski definition) is 1. The van der Waals surface area contributed by atoms with E-state index in [0.29, 0.717) is 5.56 Å². The Morgan fingerprint density at radius 2 is 1.94 bits per heavy atom. The normalized spacial score (nSPS) is 13.9. The highest BCUT2D eigenvalue weighted by Crippen LogP contribution is 2.24. The summed E-state index contributed by atoms with van der Waals surface area (Å²) in [5, 5.41) is 15.0. The van der Waals surface area contributed by atoms with Crippen LogP contribution in [0.15, 0.2) is 65.2 Å². The van der Waals surface area contributed by atoms with E-state index in [4.69, 9.17) is 10.00 Å². The molecule has 34 heavy (non-hydrogen) atoms. The summed E-state index contributed by atoms with van der Waals surface area (Å²) in [6, 6.07) is 17.5. The summed E-state index contributed by atoms with van der Waals surface area (Å²) in [5.41, 5.74) is 7.86. The number of nitriles is 1. The first-order valence-corrected chi connectivity index (χ1v) is 11.8. The van der Waals surface area contributed by atoms with Crippen LogP contribution in [0.4, 0.5) is 5.69 Å². The second-order valence-corrected chi connectivity index (χ2v) is 8.69. The summed E-state index contributed by atoms with van der Waals surface area (Å²) in [6.45, 7) is 3.29. The largest absolute Gasteiger partial charge is 0.378 e. The number of hydrogen-bond acceptors (Lipinski definition) is 7. The van der Waals surface area contributed by atoms with Gasteiger partial charge < -0.3 is 9.64 Å². The summed E-state index contributed by atoms with van der Waals surface area (Å²) in [7, 11) is 0. The summed E-state index contributed by atoms with van der Waals surface area (Å²) in [6.07, 6.45) is 3.75. The fourth-order valence-corrected chi connectivity index (χ4v) is 4.66. The molecule has 1 saturated heterocycles. The Morgan fingerprint density at radius 1 is 1.18 bits per heavy atom. The molecule has 1 aliphatic rings. The van der Waals surface area contributed by atoms with Gasteiger partial charge in [0.15, 0.2) is 4.96 Å². The van der Waals surface area contributed by atoms with Crippen LogP contribution in [0.1, 0.15) is 16.8 Å². The lowest BCUT2D eigenvalue weighted by atomic mass is 10.1. The average Bonchev–Trinajstić information content (AvgIpc) is 3.47. The number of benzene rings is 2. The van der Waals surface area contributed by atoms with Gasteiger partial charge in [0.25, 0.3) is 0 Å². The maximum atomic E-state index is 12.4. The van der Waals surface area contributed by atoms with Crippen molar-refractivity contribution < 1.29 is 9.53 Å². The number of imidazole rings is 1. The standard InChI is InChI=1S/C25H22N6O2S/c26-14-18-1-5-20(6-2-18)23-16-31-22(17-34-25(31)28-23)13-24(32)29-27-15-19-3-7-21(8-4-19)30-9-11-33-12-10-30/h1-8,15-17H,9-13H2,(H,29,32)/b27-15+. The number of amides is 1. The van der Waals surface area contributed by atoms with Crippen LogP contribution in [-0.4, -0.2) is 47.8 Å². The van der Waals surface area contributed by atoms with Gasteiger partial charge in [0, 0.05) is 41.6 Å². The van der Waals surface area contributed by atoms with Gasteiger partial charge in [-0.25, -0.2) is 10.4 Å². The quantitative estimate of drug-likeness (QED) is 0.344. The Bertz CT molecular complexity index is 1360. The molecule has 1 fully saturated rings. The molecule has 0 atom stereocenters. The maximum absolute atomic E-state index is 12.4. The van der Waals surface area contributed by atoms with Gasteiger partial charge in [0.2, 0.25) is 5.91 Å². The van der Waals surface area contributed by atoms with Crippen LogP contribution in [0.5, 0.6) is 0 Å². The van der Waals surface area contributed by atoms with E-state index in [1.54, 1.807) is 18.3 Å². The molecule has 4 aromatic rings. The van der Waals surface area contributed by atoms with Gasteiger partial charge in [-0.15, -0.1) is 11.3 Å². The van der Waals surface area contributed by atoms with Gasteiger partial charge >= 0.3 is 0 Å². The van der Waals surface area contributed by atoms with Crippen LogP contribution >= 0.6 is 11.3 Å². The first kappa shape index (κ1) is 21.8. The number of carbonyl (C=O) groups is 1. The molecule has 8 nitrogen and oxygen atoms in total. The number of morpholine rings is 1. The Kier molecular flexibility index (Phi) is 6.33. The molecule has 2 aromatic carbocycles. The van der Waals surface area contributed by atoms with Crippen LogP contribution in [0.25, 0.3) is 16.2 Å². The van der Waals surface area contributed by atoms with Crippen molar-refractivity contribution in [2.45, 2.75) is 6.42 Å². The van der Waals surface area contributed by atoms with Crippen LogP contribution in [0.3, 0.4) is 0 Å². The van der Waals surface area contributed by atoms with E-state index < -0.39 is 0 Å². The van der Waals surface area contributed by atoms with Gasteiger partial charge in [-0.2, -0.15) is 10.4 Å². The molecular formula is C25H22N6O2S. The number of rotatable bonds is 6. The van der Waals surface area contributed by atoms with E-state index in [1.807, 2.05) is 40.2 Å². The van der Waals surface area contributed by atoms with Gasteiger partial charge in [-0.1, -0.05) is 24.3 Å². The monoisotopic (exact) mass is 470 g/mol. The lowest BCUT2D eigenvalue weighted by molar-refractivity contribution is -0.120. The summed E-state index contributed by atoms with van der Waals surface area (Å²) >= 11 is 1.48. The van der Waals surface area contributed by atoms with Gasteiger partial charge in [0.1, 0.15) is 0 Å². The highest BCUT2D eigenvalue weighted by atomic mass is 32.1. The van der Waals surface area contributed by atoms with Crippen molar-refractivity contribution in [3.8, 4) is 17.3 Å². The number of fused-ring (bicyclic) bond motifs is 1. The number of nitrogens with zero attached hydrogens (tertiary/aromatic N) is 5. The lowest BCUT2D eigenvalue weighted by Gasteiger charge is -2.28. The predicted octanol–water partition coefficient (Wildman–Crippen LogP) is 3.46. The summed E-state index contributed by atoms with van der Waals surface area (Å²) in [4.78, 5) is 20.2. The van der Waals surface area contributed by atoms with Crippen molar-refractivity contribution in [2.24, 2.45) is 5.10 Å². The first-order valence-electron chi connectivity index (χ1n) is 10.9. The SMILES string of the molecule is N#Cc1ccc(-c2cn3c(CC(=O)N/N=C/c4ccc(N5CCOCC5)cc4)csc3n2)cc1. The van der Waals surface area contributed by atoms with Crippen molar-refractivity contribution in [3.05, 3.63) is 76.9 Å². The molecule has 0 bridgehead atoms. The van der Waals surface area contributed by atoms with Crippen LogP contribution in [0.2, 0.25) is 0 Å². The number of carbonyl (C=O) groups excluding carboxylic acids is 1. The lowest BCUT2D eigenvalue weighted by Crippen LogP contribution is -2.36. The van der Waals surface area contributed by atoms with E-state index >= 15 is 0 Å². The zero-order chi connectivity index (χ0) is 23.3. The maximum Gasteiger partial charge on any atom is 0.246 e. The summed E-state index contributed by atoms with van der Waals surface area (Å²) < 4.78 is 7.32. The smallest absolute Gasteiger partial charge is 0.246 e. The van der Waals surface area contributed by atoms with Crippen LogP contribution in [0, 0.1) is 11.3 Å². The average molecular weight is 471 g/mol. The molecule has 1 amide bonds. The molecule has 0 unspecified atom stereocenters. The van der Waals surface area contributed by atoms with Crippen molar-refractivity contribution in [3.63, 3.8) is 0 Å². The third-order valence-electron chi connectivity index (χ3n) is 5.61. The van der Waals surface area contributed by atoms with E-state index in [0.717, 1.165) is 59.5 Å². The Morgan fingerprint density at radius 3 is 2.68 bits per heavy atom. The Balaban J connectivity index is 1.19. The van der Waals surface area contributed by atoms with E-state index in [1.165, 1.54) is 11.3 Å². The zero-order valence-corrected chi connectivity index (χ0v) is 19.2. The number of ether oxygens (including phenoxy) is 1. The van der Waals surface area contributed by atoms with Crippen LogP contribution < -0.4 is 10.3 Å². The minimum Gasteiger partial charge on any atom is -0.378 e. The molecule has 1 aliphatic heterocycles. The number of aromatic nitrogens is 2. The number of thiazole rings is 1. The van der Waals surface area contributed by atoms with Gasteiger partial charge in [-0.3, -0.25) is 9.20 Å². The molecule has 5 rings (SSSR count). The van der Waals surface area contributed by atoms with Gasteiger partial charge in [0.05, 0.1) is 43.2 Å². The molecule has 3 heterocycles. The molecule has 9 heteroatoms. The molecule has 1 N–H and O–H groups in total. The first-order chi connectivity index (χ1) is 16.7. The van der Waals surface area contributed by atoms with Crippen molar-refractivity contribution in [1.82, 2.24) is 14.8 Å². The van der Waals surface area contributed by atoms with Crippen molar-refractivity contribution in [2.75, 3.05) is 31.2 Å². The predicted molar refractivity (Wildman–Crippen MR) is 132 cm³/mol. The highest BCUT2D eigenvalue weighted by Gasteiger charge is 2.13. The number of anilines is 1. The van der Waals surface area contributed by atoms with Crippen molar-refractivity contribution in [1.29, 1.82) is 5.26 Å². The Labute approximate surface area is 200 Å². The minimum atomic E-state index is -0.200. The number of nitrogens with one attached hydrogen (secondary N) is 1. The molecule has 0 saturated carbocycles. The summed E-state index contributed by atoms with van der Waals surface area (Å²) in [5.74, 6) is -0.200. The molecule has 0 aliphatic carbocycles. The Hall–Kier alpha value is -4.00. The van der Waals surface area contributed by atoms with E-state index in [-0.39, 0.29) is 12.3 Å². The zero-order valence-electron chi connectivity index (χ0n) is 18.3. The van der Waals surface area contributed by atoms with E-state index in [9.17, 15) is 4.79 Å². The fourth-order valence-electron chi connectivity index (χ4n) is 3.79. The topological polar surface area (TPSA) is 95.0 Å². The molecule has 0 radical (unpaired) electrons. The molecular weight excluding hydrogens is 448 g/mol. The molecule has 2 aromatic heterocycles. The molecule has 170 valence electrons. The third kappa shape index (κ3) is 4.83.